The average Bonchev–Trinajstić information content (AvgIpc) is 3.21. The van der Waals surface area contributed by atoms with Crippen LogP contribution in [0.1, 0.15) is 47.2 Å². The average molecular weight is 364 g/mol. The molecule has 2 aromatic rings. The summed E-state index contributed by atoms with van der Waals surface area (Å²) >= 11 is 0. The molecule has 4 heteroatoms. The quantitative estimate of drug-likeness (QED) is 0.691. The lowest BCUT2D eigenvalue weighted by atomic mass is 10.0. The third kappa shape index (κ3) is 4.97. The highest BCUT2D eigenvalue weighted by Crippen LogP contribution is 2.25. The maximum absolute atomic E-state index is 12.5. The highest BCUT2D eigenvalue weighted by Gasteiger charge is 2.18. The molecule has 142 valence electrons. The van der Waals surface area contributed by atoms with Gasteiger partial charge in [0.1, 0.15) is 0 Å². The lowest BCUT2D eigenvalue weighted by Crippen LogP contribution is -2.28. The summed E-state index contributed by atoms with van der Waals surface area (Å²) in [7, 11) is 1.82. The van der Waals surface area contributed by atoms with Gasteiger partial charge in [0, 0.05) is 50.8 Å². The molecule has 27 heavy (non-hydrogen) atoms. The van der Waals surface area contributed by atoms with Gasteiger partial charge in [0.25, 0.3) is 0 Å². The van der Waals surface area contributed by atoms with E-state index in [9.17, 15) is 9.59 Å². The number of anilines is 1. The molecule has 0 atom stereocenters. The maximum atomic E-state index is 12.5. The standard InChI is InChI=1S/C23H28N2O2/c1-18-9-11-19(12-10-18)22(26)13-14-23(27)24(2)17-20-7-3-4-8-21(20)25-15-5-6-16-25/h3-4,7-12H,5-6,13-17H2,1-2H3. The van der Waals surface area contributed by atoms with Crippen molar-refractivity contribution in [3.8, 4) is 0 Å². The van der Waals surface area contributed by atoms with Crippen LogP contribution in [0, 0.1) is 6.92 Å². The third-order valence-corrected chi connectivity index (χ3v) is 5.21. The minimum atomic E-state index is 0.00619. The van der Waals surface area contributed by atoms with Gasteiger partial charge in [-0.25, -0.2) is 0 Å². The van der Waals surface area contributed by atoms with Gasteiger partial charge in [0.05, 0.1) is 0 Å². The molecule has 1 amide bonds. The van der Waals surface area contributed by atoms with Crippen LogP contribution in [0.25, 0.3) is 0 Å². The smallest absolute Gasteiger partial charge is 0.223 e. The van der Waals surface area contributed by atoms with Crippen LogP contribution < -0.4 is 4.90 Å². The largest absolute Gasteiger partial charge is 0.371 e. The molecule has 1 saturated heterocycles. The molecule has 1 aliphatic heterocycles. The van der Waals surface area contributed by atoms with Crippen molar-refractivity contribution in [2.24, 2.45) is 0 Å². The van der Waals surface area contributed by atoms with E-state index in [1.807, 2.05) is 44.3 Å². The predicted octanol–water partition coefficient (Wildman–Crippen LogP) is 4.22. The third-order valence-electron chi connectivity index (χ3n) is 5.21. The molecular formula is C23H28N2O2. The Balaban J connectivity index is 1.56. The summed E-state index contributed by atoms with van der Waals surface area (Å²) < 4.78 is 0. The fourth-order valence-electron chi connectivity index (χ4n) is 3.55. The summed E-state index contributed by atoms with van der Waals surface area (Å²) in [6, 6.07) is 15.8. The molecule has 1 heterocycles. The van der Waals surface area contributed by atoms with Gasteiger partial charge in [-0.2, -0.15) is 0 Å². The van der Waals surface area contributed by atoms with Crippen molar-refractivity contribution in [1.29, 1.82) is 0 Å². The Labute approximate surface area is 161 Å². The van der Waals surface area contributed by atoms with Crippen molar-refractivity contribution >= 4 is 17.4 Å². The van der Waals surface area contributed by atoms with Gasteiger partial charge in [-0.05, 0) is 31.4 Å². The van der Waals surface area contributed by atoms with E-state index in [0.29, 0.717) is 12.1 Å². The van der Waals surface area contributed by atoms with E-state index in [0.717, 1.165) is 18.7 Å². The van der Waals surface area contributed by atoms with Crippen molar-refractivity contribution in [2.75, 3.05) is 25.0 Å². The number of benzene rings is 2. The topological polar surface area (TPSA) is 40.6 Å². The summed E-state index contributed by atoms with van der Waals surface area (Å²) in [5.41, 5.74) is 4.19. The molecule has 1 fully saturated rings. The van der Waals surface area contributed by atoms with Gasteiger partial charge in [-0.3, -0.25) is 9.59 Å². The van der Waals surface area contributed by atoms with Crippen LogP contribution in [-0.2, 0) is 11.3 Å². The normalized spacial score (nSPS) is 13.6. The van der Waals surface area contributed by atoms with Crippen LogP contribution in [0.2, 0.25) is 0 Å². The van der Waals surface area contributed by atoms with Crippen LogP contribution in [-0.4, -0.2) is 36.7 Å². The second-order valence-corrected chi connectivity index (χ2v) is 7.36. The predicted molar refractivity (Wildman–Crippen MR) is 109 cm³/mol. The second-order valence-electron chi connectivity index (χ2n) is 7.36. The molecule has 0 saturated carbocycles. The molecule has 0 bridgehead atoms. The number of hydrogen-bond acceptors (Lipinski definition) is 3. The maximum Gasteiger partial charge on any atom is 0.223 e. The minimum absolute atomic E-state index is 0.00619. The van der Waals surface area contributed by atoms with E-state index in [-0.39, 0.29) is 24.5 Å². The molecule has 3 rings (SSSR count). The zero-order chi connectivity index (χ0) is 19.2. The number of Topliss-reactive ketones (excluding diaryl/α,β-unsaturated/α-hetero) is 1. The first-order chi connectivity index (χ1) is 13.0. The molecule has 0 spiro atoms. The van der Waals surface area contributed by atoms with Gasteiger partial charge < -0.3 is 9.80 Å². The van der Waals surface area contributed by atoms with Crippen molar-refractivity contribution in [2.45, 2.75) is 39.2 Å². The first kappa shape index (κ1) is 19.2. The molecule has 0 radical (unpaired) electrons. The van der Waals surface area contributed by atoms with Gasteiger partial charge in [0.2, 0.25) is 5.91 Å². The summed E-state index contributed by atoms with van der Waals surface area (Å²) in [5.74, 6) is 0.0286. The van der Waals surface area contributed by atoms with Crippen LogP contribution in [0.3, 0.4) is 0 Å². The van der Waals surface area contributed by atoms with E-state index in [1.54, 1.807) is 4.90 Å². The zero-order valence-corrected chi connectivity index (χ0v) is 16.3. The minimum Gasteiger partial charge on any atom is -0.371 e. The van der Waals surface area contributed by atoms with Crippen LogP contribution in [0.4, 0.5) is 5.69 Å². The number of aryl methyl sites for hydroxylation is 1. The molecule has 4 nitrogen and oxygen atoms in total. The van der Waals surface area contributed by atoms with Gasteiger partial charge >= 0.3 is 0 Å². The van der Waals surface area contributed by atoms with Crippen molar-refractivity contribution in [3.05, 3.63) is 65.2 Å². The Hall–Kier alpha value is -2.62. The fraction of sp³-hybridized carbons (Fsp3) is 0.391. The van der Waals surface area contributed by atoms with Crippen LogP contribution >= 0.6 is 0 Å². The molecule has 0 unspecified atom stereocenters. The van der Waals surface area contributed by atoms with Gasteiger partial charge in [-0.15, -0.1) is 0 Å². The Bertz CT molecular complexity index is 792. The van der Waals surface area contributed by atoms with Crippen molar-refractivity contribution in [1.82, 2.24) is 4.90 Å². The second kappa shape index (κ2) is 8.85. The lowest BCUT2D eigenvalue weighted by molar-refractivity contribution is -0.130. The van der Waals surface area contributed by atoms with E-state index < -0.39 is 0 Å². The van der Waals surface area contributed by atoms with Gasteiger partial charge in [-0.1, -0.05) is 48.0 Å². The SMILES string of the molecule is Cc1ccc(C(=O)CCC(=O)N(C)Cc2ccccc2N2CCCC2)cc1. The Kier molecular flexibility index (Phi) is 6.28. The number of carbonyl (C=O) groups is 2. The number of hydrogen-bond donors (Lipinski definition) is 0. The van der Waals surface area contributed by atoms with Crippen molar-refractivity contribution in [3.63, 3.8) is 0 Å². The molecule has 1 aliphatic rings. The molecular weight excluding hydrogens is 336 g/mol. The number of nitrogens with zero attached hydrogens (tertiary/aromatic N) is 2. The van der Waals surface area contributed by atoms with E-state index in [2.05, 4.69) is 23.1 Å². The zero-order valence-electron chi connectivity index (χ0n) is 16.3. The first-order valence-corrected chi connectivity index (χ1v) is 9.71. The van der Waals surface area contributed by atoms with Crippen LogP contribution in [0.5, 0.6) is 0 Å². The fourth-order valence-corrected chi connectivity index (χ4v) is 3.55. The highest BCUT2D eigenvalue weighted by atomic mass is 16.2. The van der Waals surface area contributed by atoms with Crippen LogP contribution in [0.15, 0.2) is 48.5 Å². The highest BCUT2D eigenvalue weighted by molar-refractivity contribution is 5.97. The Morgan fingerprint density at radius 2 is 1.63 bits per heavy atom. The van der Waals surface area contributed by atoms with E-state index in [1.165, 1.54) is 24.1 Å². The number of para-hydroxylation sites is 1. The summed E-state index contributed by atoms with van der Waals surface area (Å²) in [5, 5.41) is 0. The Morgan fingerprint density at radius 3 is 2.33 bits per heavy atom. The van der Waals surface area contributed by atoms with E-state index >= 15 is 0 Å². The Morgan fingerprint density at radius 1 is 0.963 bits per heavy atom. The lowest BCUT2D eigenvalue weighted by Gasteiger charge is -2.24. The van der Waals surface area contributed by atoms with Crippen molar-refractivity contribution < 1.29 is 9.59 Å². The summed E-state index contributed by atoms with van der Waals surface area (Å²) in [6.45, 7) is 4.73. The number of amides is 1. The molecule has 0 aromatic heterocycles. The molecule has 0 aliphatic carbocycles. The number of ketones is 1. The first-order valence-electron chi connectivity index (χ1n) is 9.71. The number of carbonyl (C=O) groups excluding carboxylic acids is 2. The monoisotopic (exact) mass is 364 g/mol. The number of rotatable bonds is 7. The summed E-state index contributed by atoms with van der Waals surface area (Å²) in [6.07, 6.45) is 2.95. The molecule has 0 N–H and O–H groups in total. The van der Waals surface area contributed by atoms with Gasteiger partial charge in [0.15, 0.2) is 5.78 Å². The summed E-state index contributed by atoms with van der Waals surface area (Å²) in [4.78, 5) is 29.0. The van der Waals surface area contributed by atoms with E-state index in [4.69, 9.17) is 0 Å². The molecule has 2 aromatic carbocycles.